The summed E-state index contributed by atoms with van der Waals surface area (Å²) in [5, 5.41) is 4.07. The fraction of sp³-hybridized carbons (Fsp3) is 0.435. The molecule has 0 unspecified atom stereocenters. The SMILES string of the molecule is Cc1c(CC(=O)NCCCCCCC(=O)ON2C(=O)CCC2=O)c(=O)oc2cc(N)ccc12. The number of nitrogens with zero attached hydrogens (tertiary/aromatic N) is 1. The Kier molecular flexibility index (Phi) is 7.81. The molecular weight excluding hydrogens is 430 g/mol. The number of benzene rings is 1. The largest absolute Gasteiger partial charge is 0.422 e. The normalized spacial score (nSPS) is 13.5. The van der Waals surface area contributed by atoms with Crippen molar-refractivity contribution in [1.82, 2.24) is 10.4 Å². The minimum absolute atomic E-state index is 0.0677. The second-order valence-corrected chi connectivity index (χ2v) is 7.98. The summed E-state index contributed by atoms with van der Waals surface area (Å²) >= 11 is 0. The molecule has 3 N–H and O–H groups in total. The van der Waals surface area contributed by atoms with E-state index in [1.54, 1.807) is 25.1 Å². The van der Waals surface area contributed by atoms with Gasteiger partial charge < -0.3 is 20.3 Å². The van der Waals surface area contributed by atoms with Gasteiger partial charge in [0.05, 0.1) is 12.0 Å². The first-order chi connectivity index (χ1) is 15.8. The summed E-state index contributed by atoms with van der Waals surface area (Å²) in [6, 6.07) is 5.06. The first-order valence-electron chi connectivity index (χ1n) is 10.9. The number of amides is 3. The average Bonchev–Trinajstić information content (AvgIpc) is 3.07. The molecular formula is C23H27N3O7. The molecule has 0 aliphatic carbocycles. The number of imide groups is 1. The summed E-state index contributed by atoms with van der Waals surface area (Å²) in [6.45, 7) is 2.22. The van der Waals surface area contributed by atoms with E-state index in [1.165, 1.54) is 0 Å². The van der Waals surface area contributed by atoms with Gasteiger partial charge >= 0.3 is 11.6 Å². The maximum absolute atomic E-state index is 12.3. The lowest BCUT2D eigenvalue weighted by Crippen LogP contribution is -2.31. The number of nitrogen functional groups attached to an aromatic ring is 1. The van der Waals surface area contributed by atoms with E-state index in [4.69, 9.17) is 15.0 Å². The molecule has 1 aliphatic rings. The van der Waals surface area contributed by atoms with Crippen LogP contribution in [0, 0.1) is 6.92 Å². The number of hydrogen-bond acceptors (Lipinski definition) is 8. The monoisotopic (exact) mass is 457 g/mol. The zero-order chi connectivity index (χ0) is 24.0. The van der Waals surface area contributed by atoms with Crippen molar-refractivity contribution < 1.29 is 28.4 Å². The van der Waals surface area contributed by atoms with Gasteiger partial charge in [-0.15, -0.1) is 5.06 Å². The molecule has 0 saturated carbocycles. The molecule has 3 amide bonds. The van der Waals surface area contributed by atoms with Crippen LogP contribution >= 0.6 is 0 Å². The number of nitrogens with two attached hydrogens (primary N) is 1. The molecule has 176 valence electrons. The van der Waals surface area contributed by atoms with E-state index in [0.29, 0.717) is 46.8 Å². The molecule has 1 saturated heterocycles. The summed E-state index contributed by atoms with van der Waals surface area (Å²) in [6.07, 6.45) is 2.91. The summed E-state index contributed by atoms with van der Waals surface area (Å²) in [5.41, 5.74) is 7.07. The van der Waals surface area contributed by atoms with Crippen molar-refractivity contribution in [2.45, 2.75) is 58.3 Å². The van der Waals surface area contributed by atoms with Crippen LogP contribution in [0.3, 0.4) is 0 Å². The Labute approximate surface area is 190 Å². The van der Waals surface area contributed by atoms with E-state index in [0.717, 1.165) is 18.2 Å². The van der Waals surface area contributed by atoms with E-state index < -0.39 is 23.4 Å². The van der Waals surface area contributed by atoms with Crippen LogP contribution < -0.4 is 16.7 Å². The number of carbonyl (C=O) groups is 4. The van der Waals surface area contributed by atoms with Crippen LogP contribution in [0.4, 0.5) is 5.69 Å². The summed E-state index contributed by atoms with van der Waals surface area (Å²) < 4.78 is 5.30. The number of aryl methyl sites for hydroxylation is 1. The lowest BCUT2D eigenvalue weighted by atomic mass is 10.0. The molecule has 1 aromatic heterocycles. The number of anilines is 1. The van der Waals surface area contributed by atoms with E-state index in [-0.39, 0.29) is 31.6 Å². The zero-order valence-corrected chi connectivity index (χ0v) is 18.5. The van der Waals surface area contributed by atoms with E-state index >= 15 is 0 Å². The van der Waals surface area contributed by atoms with Crippen molar-refractivity contribution >= 4 is 40.3 Å². The van der Waals surface area contributed by atoms with Gasteiger partial charge in [-0.3, -0.25) is 14.4 Å². The fourth-order valence-electron chi connectivity index (χ4n) is 3.62. The molecule has 3 rings (SSSR count). The summed E-state index contributed by atoms with van der Waals surface area (Å²) in [4.78, 5) is 63.9. The Morgan fingerprint density at radius 2 is 1.79 bits per heavy atom. The lowest BCUT2D eigenvalue weighted by molar-refractivity contribution is -0.197. The van der Waals surface area contributed by atoms with Crippen molar-refractivity contribution in [3.63, 3.8) is 0 Å². The van der Waals surface area contributed by atoms with Crippen LogP contribution in [0.2, 0.25) is 0 Å². The molecule has 1 fully saturated rings. The van der Waals surface area contributed by atoms with Gasteiger partial charge in [-0.2, -0.15) is 0 Å². The molecule has 0 bridgehead atoms. The molecule has 0 spiro atoms. The van der Waals surface area contributed by atoms with Gasteiger partial charge in [-0.1, -0.05) is 12.8 Å². The molecule has 2 heterocycles. The fourth-order valence-corrected chi connectivity index (χ4v) is 3.62. The van der Waals surface area contributed by atoms with Crippen LogP contribution in [-0.4, -0.2) is 35.3 Å². The lowest BCUT2D eigenvalue weighted by Gasteiger charge is -2.12. The third-order valence-electron chi connectivity index (χ3n) is 5.48. The first kappa shape index (κ1) is 24.0. The number of hydroxylamine groups is 2. The maximum Gasteiger partial charge on any atom is 0.340 e. The number of nitrogens with one attached hydrogen (secondary N) is 1. The van der Waals surface area contributed by atoms with Crippen LogP contribution in [0.1, 0.15) is 56.1 Å². The Morgan fingerprint density at radius 3 is 2.52 bits per heavy atom. The second kappa shape index (κ2) is 10.8. The molecule has 0 atom stereocenters. The number of carbonyl (C=O) groups excluding carboxylic acids is 4. The maximum atomic E-state index is 12.3. The van der Waals surface area contributed by atoms with Gasteiger partial charge in [0.15, 0.2) is 0 Å². The Morgan fingerprint density at radius 1 is 1.09 bits per heavy atom. The van der Waals surface area contributed by atoms with Crippen LogP contribution in [-0.2, 0) is 30.4 Å². The molecule has 1 aromatic carbocycles. The molecule has 0 radical (unpaired) electrons. The quantitative estimate of drug-likeness (QED) is 0.238. The minimum Gasteiger partial charge on any atom is -0.422 e. The molecule has 33 heavy (non-hydrogen) atoms. The number of fused-ring (bicyclic) bond motifs is 1. The van der Waals surface area contributed by atoms with E-state index in [1.807, 2.05) is 0 Å². The number of hydrogen-bond donors (Lipinski definition) is 2. The van der Waals surface area contributed by atoms with Gasteiger partial charge in [0, 0.05) is 42.9 Å². The highest BCUT2D eigenvalue weighted by Gasteiger charge is 2.32. The van der Waals surface area contributed by atoms with Gasteiger partial charge in [-0.25, -0.2) is 9.59 Å². The highest BCUT2D eigenvalue weighted by Crippen LogP contribution is 2.22. The van der Waals surface area contributed by atoms with Crippen LogP contribution in [0.5, 0.6) is 0 Å². The predicted octanol–water partition coefficient (Wildman–Crippen LogP) is 1.90. The Bertz CT molecular complexity index is 1120. The molecule has 1 aliphatic heterocycles. The summed E-state index contributed by atoms with van der Waals surface area (Å²) in [5.74, 6) is -1.88. The van der Waals surface area contributed by atoms with Crippen molar-refractivity contribution in [3.05, 3.63) is 39.7 Å². The zero-order valence-electron chi connectivity index (χ0n) is 18.5. The predicted molar refractivity (Wildman–Crippen MR) is 119 cm³/mol. The number of rotatable bonds is 10. The van der Waals surface area contributed by atoms with Gasteiger partial charge in [-0.05, 0) is 37.5 Å². The van der Waals surface area contributed by atoms with Crippen molar-refractivity contribution in [2.75, 3.05) is 12.3 Å². The topological polar surface area (TPSA) is 149 Å². The second-order valence-electron chi connectivity index (χ2n) is 7.98. The van der Waals surface area contributed by atoms with Crippen molar-refractivity contribution in [1.29, 1.82) is 0 Å². The first-order valence-corrected chi connectivity index (χ1v) is 10.9. The minimum atomic E-state index is -0.612. The number of unbranched alkanes of at least 4 members (excludes halogenated alkanes) is 3. The third kappa shape index (κ3) is 6.18. The highest BCUT2D eigenvalue weighted by atomic mass is 16.7. The van der Waals surface area contributed by atoms with Gasteiger partial charge in [0.1, 0.15) is 5.58 Å². The summed E-state index contributed by atoms with van der Waals surface area (Å²) in [7, 11) is 0. The van der Waals surface area contributed by atoms with Crippen LogP contribution in [0.25, 0.3) is 11.0 Å². The average molecular weight is 457 g/mol. The molecule has 10 heteroatoms. The van der Waals surface area contributed by atoms with E-state index in [2.05, 4.69) is 5.32 Å². The third-order valence-corrected chi connectivity index (χ3v) is 5.48. The Hall–Kier alpha value is -3.69. The van der Waals surface area contributed by atoms with Crippen molar-refractivity contribution in [2.24, 2.45) is 0 Å². The molecule has 10 nitrogen and oxygen atoms in total. The van der Waals surface area contributed by atoms with Gasteiger partial charge in [0.2, 0.25) is 5.91 Å². The smallest absolute Gasteiger partial charge is 0.340 e. The van der Waals surface area contributed by atoms with Gasteiger partial charge in [0.25, 0.3) is 11.8 Å². The highest BCUT2D eigenvalue weighted by molar-refractivity contribution is 6.01. The standard InChI is InChI=1S/C23H27N3O7/c1-14-16-8-7-15(24)12-18(16)32-23(31)17(14)13-19(27)25-11-5-3-2-4-6-22(30)33-26-20(28)9-10-21(26)29/h7-8,12H,2-6,9-11,13,24H2,1H3,(H,25,27). The Balaban J connectivity index is 1.35. The van der Waals surface area contributed by atoms with E-state index in [9.17, 15) is 24.0 Å². The van der Waals surface area contributed by atoms with Crippen LogP contribution in [0.15, 0.2) is 27.4 Å². The molecule has 2 aromatic rings. The van der Waals surface area contributed by atoms with Crippen molar-refractivity contribution in [3.8, 4) is 0 Å².